The molecule has 88 valence electrons. The maximum absolute atomic E-state index is 10.1. The van der Waals surface area contributed by atoms with Crippen LogP contribution in [0.3, 0.4) is 0 Å². The van der Waals surface area contributed by atoms with Crippen molar-refractivity contribution in [1.82, 2.24) is 0 Å². The molecule has 0 radical (unpaired) electrons. The van der Waals surface area contributed by atoms with E-state index in [0.717, 1.165) is 30.4 Å². The zero-order chi connectivity index (χ0) is 11.7. The highest BCUT2D eigenvalue weighted by molar-refractivity contribution is 6.31. The molecule has 1 unspecified atom stereocenters. The highest BCUT2D eigenvalue weighted by Crippen LogP contribution is 2.44. The minimum atomic E-state index is 0.0863. The second-order valence-electron chi connectivity index (χ2n) is 4.20. The number of aryl methyl sites for hydroxylation is 1. The SMILES string of the molecule is CC1Cc2c(Cl)cc(CCCN)c(O)c2O1. The number of phenols is 1. The predicted octanol–water partition coefficient (Wildman–Crippen LogP) is 2.26. The van der Waals surface area contributed by atoms with Crippen molar-refractivity contribution in [1.29, 1.82) is 0 Å². The highest BCUT2D eigenvalue weighted by atomic mass is 35.5. The van der Waals surface area contributed by atoms with Crippen molar-refractivity contribution in [3.8, 4) is 11.5 Å². The highest BCUT2D eigenvalue weighted by Gasteiger charge is 2.26. The summed E-state index contributed by atoms with van der Waals surface area (Å²) in [6.45, 7) is 2.57. The average Bonchev–Trinajstić information content (AvgIpc) is 2.64. The molecule has 0 amide bonds. The van der Waals surface area contributed by atoms with E-state index < -0.39 is 0 Å². The van der Waals surface area contributed by atoms with Crippen LogP contribution in [-0.4, -0.2) is 17.8 Å². The summed E-state index contributed by atoms with van der Waals surface area (Å²) in [5, 5.41) is 10.7. The zero-order valence-corrected chi connectivity index (χ0v) is 10.0. The number of benzene rings is 1. The molecule has 0 saturated heterocycles. The van der Waals surface area contributed by atoms with Crippen molar-refractivity contribution in [2.24, 2.45) is 5.73 Å². The van der Waals surface area contributed by atoms with Crippen molar-refractivity contribution in [2.45, 2.75) is 32.3 Å². The minimum absolute atomic E-state index is 0.0863. The van der Waals surface area contributed by atoms with Gasteiger partial charge in [0, 0.05) is 17.0 Å². The molecule has 0 spiro atoms. The number of hydrogen-bond donors (Lipinski definition) is 2. The molecule has 1 heterocycles. The lowest BCUT2D eigenvalue weighted by Gasteiger charge is -2.10. The van der Waals surface area contributed by atoms with E-state index in [2.05, 4.69) is 0 Å². The zero-order valence-electron chi connectivity index (χ0n) is 9.29. The van der Waals surface area contributed by atoms with Gasteiger partial charge in [-0.15, -0.1) is 0 Å². The topological polar surface area (TPSA) is 55.5 Å². The summed E-state index contributed by atoms with van der Waals surface area (Å²) in [7, 11) is 0. The normalized spacial score (nSPS) is 18.3. The van der Waals surface area contributed by atoms with Gasteiger partial charge in [-0.3, -0.25) is 0 Å². The lowest BCUT2D eigenvalue weighted by atomic mass is 10.0. The predicted molar refractivity (Wildman–Crippen MR) is 64.3 cm³/mol. The first-order valence-electron chi connectivity index (χ1n) is 5.53. The molecule has 1 atom stereocenters. The van der Waals surface area contributed by atoms with Crippen LogP contribution in [0.2, 0.25) is 5.02 Å². The molecule has 0 aliphatic carbocycles. The molecule has 0 saturated carbocycles. The standard InChI is InChI=1S/C12H16ClNO2/c1-7-5-9-10(13)6-8(3-2-4-14)11(15)12(9)16-7/h6-7,15H,2-5,14H2,1H3. The Morgan fingerprint density at radius 3 is 3.06 bits per heavy atom. The van der Waals surface area contributed by atoms with Crippen molar-refractivity contribution in [2.75, 3.05) is 6.54 Å². The molecule has 2 rings (SSSR count). The fourth-order valence-corrected chi connectivity index (χ4v) is 2.33. The molecule has 1 aliphatic heterocycles. The molecule has 0 fully saturated rings. The molecular formula is C12H16ClNO2. The molecule has 1 aromatic rings. The van der Waals surface area contributed by atoms with Crippen LogP contribution in [0.1, 0.15) is 24.5 Å². The third-order valence-electron chi connectivity index (χ3n) is 2.84. The Morgan fingerprint density at radius 2 is 2.38 bits per heavy atom. The summed E-state index contributed by atoms with van der Waals surface area (Å²) in [6, 6.07) is 1.83. The number of hydrogen-bond acceptors (Lipinski definition) is 3. The summed E-state index contributed by atoms with van der Waals surface area (Å²) >= 11 is 6.17. The Kier molecular flexibility index (Phi) is 3.26. The Balaban J connectivity index is 2.37. The van der Waals surface area contributed by atoms with E-state index in [9.17, 15) is 5.11 Å². The van der Waals surface area contributed by atoms with Gasteiger partial charge in [-0.05, 0) is 37.9 Å². The molecule has 3 nitrogen and oxygen atoms in total. The van der Waals surface area contributed by atoms with Gasteiger partial charge in [-0.25, -0.2) is 0 Å². The summed E-state index contributed by atoms with van der Waals surface area (Å²) < 4.78 is 5.57. The van der Waals surface area contributed by atoms with Gasteiger partial charge in [-0.2, -0.15) is 0 Å². The first-order chi connectivity index (χ1) is 7.63. The van der Waals surface area contributed by atoms with Gasteiger partial charge in [0.25, 0.3) is 0 Å². The Morgan fingerprint density at radius 1 is 1.62 bits per heavy atom. The molecular weight excluding hydrogens is 226 g/mol. The molecule has 1 aliphatic rings. The first-order valence-corrected chi connectivity index (χ1v) is 5.91. The van der Waals surface area contributed by atoms with E-state index in [1.165, 1.54) is 0 Å². The fraction of sp³-hybridized carbons (Fsp3) is 0.500. The molecule has 0 bridgehead atoms. The van der Waals surface area contributed by atoms with Crippen LogP contribution in [0.25, 0.3) is 0 Å². The van der Waals surface area contributed by atoms with E-state index in [1.54, 1.807) is 0 Å². The van der Waals surface area contributed by atoms with Crippen LogP contribution in [0.5, 0.6) is 11.5 Å². The van der Waals surface area contributed by atoms with E-state index in [1.807, 2.05) is 13.0 Å². The van der Waals surface area contributed by atoms with Gasteiger partial charge in [0.05, 0.1) is 0 Å². The van der Waals surface area contributed by atoms with Crippen LogP contribution in [0, 0.1) is 0 Å². The molecule has 3 N–H and O–H groups in total. The van der Waals surface area contributed by atoms with Crippen molar-refractivity contribution >= 4 is 11.6 Å². The van der Waals surface area contributed by atoms with E-state index in [-0.39, 0.29) is 11.9 Å². The average molecular weight is 242 g/mol. The molecule has 16 heavy (non-hydrogen) atoms. The van der Waals surface area contributed by atoms with Gasteiger partial charge >= 0.3 is 0 Å². The van der Waals surface area contributed by atoms with Crippen LogP contribution in [0.15, 0.2) is 6.07 Å². The summed E-state index contributed by atoms with van der Waals surface area (Å²) in [5.41, 5.74) is 7.20. The second kappa shape index (κ2) is 4.52. The van der Waals surface area contributed by atoms with Crippen LogP contribution >= 0.6 is 11.6 Å². The van der Waals surface area contributed by atoms with Crippen LogP contribution in [-0.2, 0) is 12.8 Å². The lowest BCUT2D eigenvalue weighted by Crippen LogP contribution is -2.05. The molecule has 4 heteroatoms. The van der Waals surface area contributed by atoms with Gasteiger partial charge < -0.3 is 15.6 Å². The summed E-state index contributed by atoms with van der Waals surface area (Å²) in [5.74, 6) is 0.796. The largest absolute Gasteiger partial charge is 0.504 e. The number of rotatable bonds is 3. The molecule has 0 aromatic heterocycles. The quantitative estimate of drug-likeness (QED) is 0.854. The number of fused-ring (bicyclic) bond motifs is 1. The number of nitrogens with two attached hydrogens (primary N) is 1. The number of ether oxygens (including phenoxy) is 1. The molecule has 1 aromatic carbocycles. The van der Waals surface area contributed by atoms with Gasteiger partial charge in [0.2, 0.25) is 0 Å². The smallest absolute Gasteiger partial charge is 0.166 e. The third kappa shape index (κ3) is 1.97. The van der Waals surface area contributed by atoms with Crippen molar-refractivity contribution in [3.63, 3.8) is 0 Å². The monoisotopic (exact) mass is 241 g/mol. The minimum Gasteiger partial charge on any atom is -0.504 e. The first kappa shape index (κ1) is 11.6. The maximum atomic E-state index is 10.1. The van der Waals surface area contributed by atoms with E-state index >= 15 is 0 Å². The van der Waals surface area contributed by atoms with Crippen molar-refractivity contribution < 1.29 is 9.84 Å². The summed E-state index contributed by atoms with van der Waals surface area (Å²) in [6.07, 6.45) is 2.41. The number of aromatic hydroxyl groups is 1. The van der Waals surface area contributed by atoms with Crippen LogP contribution in [0.4, 0.5) is 0 Å². The Hall–Kier alpha value is -0.930. The van der Waals surface area contributed by atoms with E-state index in [4.69, 9.17) is 22.1 Å². The Bertz CT molecular complexity index is 406. The lowest BCUT2D eigenvalue weighted by molar-refractivity contribution is 0.244. The van der Waals surface area contributed by atoms with Crippen LogP contribution < -0.4 is 10.5 Å². The van der Waals surface area contributed by atoms with Gasteiger partial charge in [0.15, 0.2) is 11.5 Å². The van der Waals surface area contributed by atoms with E-state index in [0.29, 0.717) is 17.3 Å². The summed E-state index contributed by atoms with van der Waals surface area (Å²) in [4.78, 5) is 0. The third-order valence-corrected chi connectivity index (χ3v) is 3.18. The van der Waals surface area contributed by atoms with Gasteiger partial charge in [0.1, 0.15) is 6.10 Å². The van der Waals surface area contributed by atoms with Crippen molar-refractivity contribution in [3.05, 3.63) is 22.2 Å². The Labute approximate surface area is 100 Å². The fourth-order valence-electron chi connectivity index (χ4n) is 2.04. The maximum Gasteiger partial charge on any atom is 0.166 e. The second-order valence-corrected chi connectivity index (χ2v) is 4.61. The number of halogens is 1. The van der Waals surface area contributed by atoms with Gasteiger partial charge in [-0.1, -0.05) is 11.6 Å². The number of phenolic OH excluding ortho intramolecular Hbond substituents is 1.